The van der Waals surface area contributed by atoms with E-state index < -0.39 is 6.61 Å². The number of aryl methyl sites for hydroxylation is 2. The summed E-state index contributed by atoms with van der Waals surface area (Å²) in [4.78, 5) is 19.2. The van der Waals surface area contributed by atoms with Crippen LogP contribution in [0, 0.1) is 0 Å². The van der Waals surface area contributed by atoms with Gasteiger partial charge in [0.1, 0.15) is 16.9 Å². The Kier molecular flexibility index (Phi) is 4.50. The maximum absolute atomic E-state index is 12.8. The Bertz CT molecular complexity index is 1030. The highest BCUT2D eigenvalue weighted by Gasteiger charge is 2.19. The topological polar surface area (TPSA) is 56.5 Å². The summed E-state index contributed by atoms with van der Waals surface area (Å²) < 4.78 is 29.8. The van der Waals surface area contributed by atoms with Gasteiger partial charge < -0.3 is 4.74 Å². The fourth-order valence-corrected chi connectivity index (χ4v) is 4.30. The van der Waals surface area contributed by atoms with E-state index in [1.165, 1.54) is 34.2 Å². The molecule has 0 unspecified atom stereocenters. The Morgan fingerprint density at radius 3 is 2.77 bits per heavy atom. The number of thiophene rings is 1. The van der Waals surface area contributed by atoms with Crippen LogP contribution in [0.2, 0.25) is 0 Å². The van der Waals surface area contributed by atoms with Gasteiger partial charge in [0.05, 0.1) is 11.6 Å². The minimum Gasteiger partial charge on any atom is -0.435 e. The molecule has 0 amide bonds. The van der Waals surface area contributed by atoms with Crippen LogP contribution in [0.25, 0.3) is 10.2 Å². The van der Waals surface area contributed by atoms with Crippen LogP contribution >= 0.6 is 11.3 Å². The van der Waals surface area contributed by atoms with Gasteiger partial charge in [-0.3, -0.25) is 4.79 Å². The number of rotatable bonds is 4. The van der Waals surface area contributed by atoms with Crippen LogP contribution in [0.3, 0.4) is 0 Å². The van der Waals surface area contributed by atoms with E-state index in [0.29, 0.717) is 10.9 Å². The number of ether oxygens (including phenoxy) is 1. The third-order valence-electron chi connectivity index (χ3n) is 4.30. The molecule has 1 aliphatic carbocycles. The van der Waals surface area contributed by atoms with E-state index in [1.807, 2.05) is 0 Å². The molecule has 0 fully saturated rings. The molecule has 3 aromatic rings. The van der Waals surface area contributed by atoms with Crippen LogP contribution in [0.4, 0.5) is 8.78 Å². The maximum Gasteiger partial charge on any atom is 0.387 e. The normalized spacial score (nSPS) is 14.3. The van der Waals surface area contributed by atoms with Crippen LogP contribution in [-0.4, -0.2) is 22.5 Å². The molecule has 0 atom stereocenters. The molecule has 1 aromatic carbocycles. The highest BCUT2D eigenvalue weighted by atomic mass is 32.1. The summed E-state index contributed by atoms with van der Waals surface area (Å²) >= 11 is 1.59. The molecular formula is C18H15F2N3O2S. The summed E-state index contributed by atoms with van der Waals surface area (Å²) in [5, 5.41) is 4.85. The molecule has 0 N–H and O–H groups in total. The molecule has 0 radical (unpaired) electrons. The van der Waals surface area contributed by atoms with Gasteiger partial charge in [0.25, 0.3) is 5.56 Å². The number of hydrogen-bond donors (Lipinski definition) is 0. The highest BCUT2D eigenvalue weighted by molar-refractivity contribution is 7.18. The third kappa shape index (κ3) is 3.24. The molecule has 5 nitrogen and oxygen atoms in total. The van der Waals surface area contributed by atoms with Crippen molar-refractivity contribution in [3.05, 3.63) is 57.0 Å². The fourth-order valence-electron chi connectivity index (χ4n) is 3.08. The summed E-state index contributed by atoms with van der Waals surface area (Å²) in [5.41, 5.74) is 1.60. The minimum absolute atomic E-state index is 0.0716. The molecular weight excluding hydrogens is 360 g/mol. The van der Waals surface area contributed by atoms with Crippen molar-refractivity contribution in [2.75, 3.05) is 0 Å². The average Bonchev–Trinajstić information content (AvgIpc) is 3.01. The van der Waals surface area contributed by atoms with Crippen LogP contribution in [-0.2, 0) is 12.8 Å². The van der Waals surface area contributed by atoms with Gasteiger partial charge in [-0.1, -0.05) is 0 Å². The Morgan fingerprint density at radius 2 is 2.00 bits per heavy atom. The zero-order valence-electron chi connectivity index (χ0n) is 13.7. The quantitative estimate of drug-likeness (QED) is 0.652. The van der Waals surface area contributed by atoms with Gasteiger partial charge in [-0.2, -0.15) is 18.6 Å². The van der Waals surface area contributed by atoms with E-state index in [9.17, 15) is 13.6 Å². The zero-order valence-corrected chi connectivity index (χ0v) is 14.5. The van der Waals surface area contributed by atoms with Crippen molar-refractivity contribution in [2.45, 2.75) is 32.3 Å². The van der Waals surface area contributed by atoms with Crippen LogP contribution < -0.4 is 10.3 Å². The number of fused-ring (bicyclic) bond motifs is 3. The molecule has 8 heteroatoms. The molecule has 1 aliphatic rings. The SMILES string of the molecule is O=c1c2c3c(sc2ncn1/N=C/c1ccc(OC(F)F)cc1)CCCC3. The molecule has 0 spiro atoms. The van der Waals surface area contributed by atoms with E-state index in [0.717, 1.165) is 36.1 Å². The lowest BCUT2D eigenvalue weighted by Crippen LogP contribution is -2.18. The Hall–Kier alpha value is -2.61. The molecule has 4 rings (SSSR count). The molecule has 0 aliphatic heterocycles. The van der Waals surface area contributed by atoms with E-state index in [2.05, 4.69) is 14.8 Å². The molecule has 2 aromatic heterocycles. The predicted molar refractivity (Wildman–Crippen MR) is 96.6 cm³/mol. The highest BCUT2D eigenvalue weighted by Crippen LogP contribution is 2.33. The Labute approximate surface area is 151 Å². The minimum atomic E-state index is -2.86. The molecule has 0 saturated heterocycles. The van der Waals surface area contributed by atoms with Gasteiger partial charge in [0, 0.05) is 4.88 Å². The molecule has 0 bridgehead atoms. The van der Waals surface area contributed by atoms with Crippen molar-refractivity contribution < 1.29 is 13.5 Å². The Morgan fingerprint density at radius 1 is 1.23 bits per heavy atom. The first kappa shape index (κ1) is 16.8. The van der Waals surface area contributed by atoms with Gasteiger partial charge in [-0.05, 0) is 61.1 Å². The van der Waals surface area contributed by atoms with Gasteiger partial charge >= 0.3 is 6.61 Å². The number of hydrogen-bond acceptors (Lipinski definition) is 5. The second-order valence-electron chi connectivity index (χ2n) is 5.98. The first-order valence-electron chi connectivity index (χ1n) is 8.23. The number of benzene rings is 1. The monoisotopic (exact) mass is 375 g/mol. The second-order valence-corrected chi connectivity index (χ2v) is 7.06. The van der Waals surface area contributed by atoms with E-state index in [-0.39, 0.29) is 11.3 Å². The third-order valence-corrected chi connectivity index (χ3v) is 5.50. The fraction of sp³-hybridized carbons (Fsp3) is 0.278. The molecule has 134 valence electrons. The van der Waals surface area contributed by atoms with Gasteiger partial charge in [-0.15, -0.1) is 11.3 Å². The van der Waals surface area contributed by atoms with E-state index >= 15 is 0 Å². The summed E-state index contributed by atoms with van der Waals surface area (Å²) in [7, 11) is 0. The lowest BCUT2D eigenvalue weighted by atomic mass is 9.97. The lowest BCUT2D eigenvalue weighted by molar-refractivity contribution is -0.0498. The van der Waals surface area contributed by atoms with E-state index in [4.69, 9.17) is 0 Å². The standard InChI is InChI=1S/C18H15F2N3O2S/c19-18(20)25-12-7-5-11(6-8-12)9-22-23-10-21-16-15(17(23)24)13-3-1-2-4-14(13)26-16/h5-10,18H,1-4H2/b22-9+. The number of halogens is 2. The van der Waals surface area contributed by atoms with Gasteiger partial charge in [0.15, 0.2) is 0 Å². The number of alkyl halides is 2. The van der Waals surface area contributed by atoms with Crippen molar-refractivity contribution >= 4 is 27.8 Å². The van der Waals surface area contributed by atoms with E-state index in [1.54, 1.807) is 23.5 Å². The molecule has 2 heterocycles. The van der Waals surface area contributed by atoms with Crippen molar-refractivity contribution in [3.8, 4) is 5.75 Å². The van der Waals surface area contributed by atoms with Crippen molar-refractivity contribution in [3.63, 3.8) is 0 Å². The zero-order chi connectivity index (χ0) is 18.1. The summed E-state index contributed by atoms with van der Waals surface area (Å²) in [6.45, 7) is -2.86. The average molecular weight is 375 g/mol. The predicted octanol–water partition coefficient (Wildman–Crippen LogP) is 3.82. The summed E-state index contributed by atoms with van der Waals surface area (Å²) in [5.74, 6) is 0.0716. The van der Waals surface area contributed by atoms with Crippen LogP contribution in [0.15, 0.2) is 40.5 Å². The van der Waals surface area contributed by atoms with Crippen LogP contribution in [0.1, 0.15) is 28.8 Å². The van der Waals surface area contributed by atoms with Crippen molar-refractivity contribution in [2.24, 2.45) is 5.10 Å². The first-order chi connectivity index (χ1) is 12.6. The largest absolute Gasteiger partial charge is 0.435 e. The number of nitrogens with zero attached hydrogens (tertiary/aromatic N) is 3. The molecule has 0 saturated carbocycles. The van der Waals surface area contributed by atoms with Gasteiger partial charge in [-0.25, -0.2) is 4.98 Å². The number of aromatic nitrogens is 2. The van der Waals surface area contributed by atoms with Crippen LogP contribution in [0.5, 0.6) is 5.75 Å². The lowest BCUT2D eigenvalue weighted by Gasteiger charge is -2.09. The Balaban J connectivity index is 1.64. The first-order valence-corrected chi connectivity index (χ1v) is 9.04. The summed E-state index contributed by atoms with van der Waals surface area (Å²) in [6.07, 6.45) is 7.05. The maximum atomic E-state index is 12.8. The summed E-state index contributed by atoms with van der Waals surface area (Å²) in [6, 6.07) is 6.02. The smallest absolute Gasteiger partial charge is 0.387 e. The molecule has 26 heavy (non-hydrogen) atoms. The van der Waals surface area contributed by atoms with Crippen molar-refractivity contribution in [1.29, 1.82) is 0 Å². The van der Waals surface area contributed by atoms with Gasteiger partial charge in [0.2, 0.25) is 0 Å². The van der Waals surface area contributed by atoms with Crippen molar-refractivity contribution in [1.82, 2.24) is 9.66 Å². The second kappa shape index (κ2) is 6.95.